The molecular weight excluding hydrogens is 259 g/mol. The number of hydrogen-bond acceptors (Lipinski definition) is 3. The Morgan fingerprint density at radius 3 is 3.20 bits per heavy atom. The molecule has 0 bridgehead atoms. The van der Waals surface area contributed by atoms with Gasteiger partial charge in [-0.2, -0.15) is 0 Å². The largest absolute Gasteiger partial charge is 0.244 e. The van der Waals surface area contributed by atoms with Crippen molar-refractivity contribution in [3.63, 3.8) is 0 Å². The average Bonchev–Trinajstić information content (AvgIpc) is 2.34. The predicted molar refractivity (Wildman–Crippen MR) is 50.1 cm³/mol. The maximum absolute atomic E-state index is 4.10. The van der Waals surface area contributed by atoms with Gasteiger partial charge in [0.15, 0.2) is 0 Å². The molecule has 2 rings (SSSR count). The molecule has 10 heavy (non-hydrogen) atoms. The fraction of sp³-hybridized carbons (Fsp3) is 0. The second kappa shape index (κ2) is 2.43. The Kier molecular flexibility index (Phi) is 1.57. The fourth-order valence-electron chi connectivity index (χ4n) is 0.747. The molecule has 50 valence electrons. The SMILES string of the molecule is Ic1csc2ncncc12. The molecule has 2 aromatic rings. The Bertz CT molecular complexity index is 357. The molecule has 2 aromatic heterocycles. The van der Waals surface area contributed by atoms with Gasteiger partial charge in [0.2, 0.25) is 0 Å². The molecular formula is C6H3IN2S. The van der Waals surface area contributed by atoms with Crippen molar-refractivity contribution in [3.05, 3.63) is 21.5 Å². The molecule has 0 saturated heterocycles. The van der Waals surface area contributed by atoms with Crippen LogP contribution in [0, 0.1) is 3.57 Å². The molecule has 2 heterocycles. The van der Waals surface area contributed by atoms with Crippen LogP contribution in [0.3, 0.4) is 0 Å². The summed E-state index contributed by atoms with van der Waals surface area (Å²) in [5.41, 5.74) is 0. The van der Waals surface area contributed by atoms with Crippen LogP contribution in [0.2, 0.25) is 0 Å². The molecule has 0 amide bonds. The van der Waals surface area contributed by atoms with Gasteiger partial charge in [0.1, 0.15) is 11.2 Å². The van der Waals surface area contributed by atoms with E-state index in [9.17, 15) is 0 Å². The summed E-state index contributed by atoms with van der Waals surface area (Å²) < 4.78 is 1.23. The van der Waals surface area contributed by atoms with Crippen molar-refractivity contribution in [1.29, 1.82) is 0 Å². The number of nitrogens with zero attached hydrogens (tertiary/aromatic N) is 2. The molecule has 0 aliphatic carbocycles. The summed E-state index contributed by atoms with van der Waals surface area (Å²) in [6.07, 6.45) is 3.43. The molecule has 0 aliphatic heterocycles. The van der Waals surface area contributed by atoms with E-state index in [2.05, 4.69) is 37.9 Å². The smallest absolute Gasteiger partial charge is 0.127 e. The van der Waals surface area contributed by atoms with E-state index in [0.717, 1.165) is 10.2 Å². The summed E-state index contributed by atoms with van der Waals surface area (Å²) in [6, 6.07) is 0. The normalized spacial score (nSPS) is 10.5. The first kappa shape index (κ1) is 6.48. The molecule has 0 fully saturated rings. The van der Waals surface area contributed by atoms with Crippen molar-refractivity contribution in [2.24, 2.45) is 0 Å². The molecule has 4 heteroatoms. The highest BCUT2D eigenvalue weighted by molar-refractivity contribution is 14.1. The number of hydrogen-bond donors (Lipinski definition) is 0. The van der Waals surface area contributed by atoms with Crippen molar-refractivity contribution in [1.82, 2.24) is 9.97 Å². The highest BCUT2D eigenvalue weighted by Crippen LogP contribution is 2.23. The van der Waals surface area contributed by atoms with E-state index in [4.69, 9.17) is 0 Å². The van der Waals surface area contributed by atoms with Gasteiger partial charge in [-0.3, -0.25) is 0 Å². The van der Waals surface area contributed by atoms with E-state index >= 15 is 0 Å². The lowest BCUT2D eigenvalue weighted by Crippen LogP contribution is -1.74. The van der Waals surface area contributed by atoms with Crippen LogP contribution in [0.4, 0.5) is 0 Å². The van der Waals surface area contributed by atoms with E-state index in [1.54, 1.807) is 17.7 Å². The van der Waals surface area contributed by atoms with Crippen LogP contribution in [0.1, 0.15) is 0 Å². The van der Waals surface area contributed by atoms with E-state index in [0.29, 0.717) is 0 Å². The molecule has 0 N–H and O–H groups in total. The van der Waals surface area contributed by atoms with Gasteiger partial charge in [-0.1, -0.05) is 0 Å². The van der Waals surface area contributed by atoms with Gasteiger partial charge in [0.05, 0.1) is 0 Å². The van der Waals surface area contributed by atoms with Gasteiger partial charge in [0.25, 0.3) is 0 Å². The molecule has 2 nitrogen and oxygen atoms in total. The Morgan fingerprint density at radius 1 is 1.50 bits per heavy atom. The lowest BCUT2D eigenvalue weighted by molar-refractivity contribution is 1.23. The van der Waals surface area contributed by atoms with E-state index < -0.39 is 0 Å². The minimum atomic E-state index is 1.07. The molecule has 0 aromatic carbocycles. The summed E-state index contributed by atoms with van der Waals surface area (Å²) >= 11 is 3.94. The fourth-order valence-corrected chi connectivity index (χ4v) is 2.45. The van der Waals surface area contributed by atoms with Crippen molar-refractivity contribution >= 4 is 44.1 Å². The highest BCUT2D eigenvalue weighted by atomic mass is 127. The predicted octanol–water partition coefficient (Wildman–Crippen LogP) is 2.30. The maximum Gasteiger partial charge on any atom is 0.127 e. The molecule has 0 unspecified atom stereocenters. The highest BCUT2D eigenvalue weighted by Gasteiger charge is 1.99. The van der Waals surface area contributed by atoms with E-state index in [1.807, 2.05) is 6.20 Å². The third-order valence-electron chi connectivity index (χ3n) is 1.21. The lowest BCUT2D eigenvalue weighted by atomic mass is 10.4. The van der Waals surface area contributed by atoms with Crippen LogP contribution >= 0.6 is 33.9 Å². The zero-order valence-corrected chi connectivity index (χ0v) is 7.89. The quantitative estimate of drug-likeness (QED) is 0.681. The minimum Gasteiger partial charge on any atom is -0.244 e. The van der Waals surface area contributed by atoms with Gasteiger partial charge in [-0.05, 0) is 22.6 Å². The van der Waals surface area contributed by atoms with Crippen molar-refractivity contribution < 1.29 is 0 Å². The monoisotopic (exact) mass is 262 g/mol. The second-order valence-corrected chi connectivity index (χ2v) is 3.85. The molecule has 0 saturated carbocycles. The Balaban J connectivity index is 2.93. The van der Waals surface area contributed by atoms with Crippen LogP contribution in [-0.2, 0) is 0 Å². The van der Waals surface area contributed by atoms with E-state index in [1.165, 1.54) is 3.57 Å². The maximum atomic E-state index is 4.10. The topological polar surface area (TPSA) is 25.8 Å². The number of fused-ring (bicyclic) bond motifs is 1. The van der Waals surface area contributed by atoms with Crippen LogP contribution < -0.4 is 0 Å². The van der Waals surface area contributed by atoms with Gasteiger partial charge in [0, 0.05) is 20.5 Å². The third-order valence-corrected chi connectivity index (χ3v) is 3.42. The third kappa shape index (κ3) is 0.911. The van der Waals surface area contributed by atoms with Crippen molar-refractivity contribution in [2.75, 3.05) is 0 Å². The number of aromatic nitrogens is 2. The molecule has 0 atom stereocenters. The molecule has 0 radical (unpaired) electrons. The molecule has 0 spiro atoms. The summed E-state index contributed by atoms with van der Waals surface area (Å²) in [7, 11) is 0. The van der Waals surface area contributed by atoms with E-state index in [-0.39, 0.29) is 0 Å². The first-order valence-corrected chi connectivity index (χ1v) is 4.66. The Hall–Kier alpha value is -0.230. The number of rotatable bonds is 0. The zero-order valence-electron chi connectivity index (χ0n) is 4.91. The van der Waals surface area contributed by atoms with Crippen LogP contribution in [-0.4, -0.2) is 9.97 Å². The Morgan fingerprint density at radius 2 is 2.40 bits per heavy atom. The van der Waals surface area contributed by atoms with Crippen LogP contribution in [0.25, 0.3) is 10.2 Å². The minimum absolute atomic E-state index is 1.07. The Labute approximate surface area is 75.5 Å². The zero-order chi connectivity index (χ0) is 6.97. The van der Waals surface area contributed by atoms with Crippen molar-refractivity contribution in [3.8, 4) is 0 Å². The summed E-state index contributed by atoms with van der Waals surface area (Å²) in [5, 5.41) is 3.24. The first-order valence-electron chi connectivity index (χ1n) is 2.70. The van der Waals surface area contributed by atoms with Crippen LogP contribution in [0.5, 0.6) is 0 Å². The van der Waals surface area contributed by atoms with Gasteiger partial charge < -0.3 is 0 Å². The lowest BCUT2D eigenvalue weighted by Gasteiger charge is -1.84. The molecule has 0 aliphatic rings. The second-order valence-electron chi connectivity index (χ2n) is 1.83. The summed E-state index contributed by atoms with van der Waals surface area (Å²) in [4.78, 5) is 9.11. The van der Waals surface area contributed by atoms with Gasteiger partial charge in [-0.15, -0.1) is 11.3 Å². The van der Waals surface area contributed by atoms with Gasteiger partial charge >= 0.3 is 0 Å². The number of thiophene rings is 1. The first-order chi connectivity index (χ1) is 4.88. The summed E-state index contributed by atoms with van der Waals surface area (Å²) in [5.74, 6) is 0. The van der Waals surface area contributed by atoms with Gasteiger partial charge in [-0.25, -0.2) is 9.97 Å². The van der Waals surface area contributed by atoms with Crippen LogP contribution in [0.15, 0.2) is 17.9 Å². The standard InChI is InChI=1S/C6H3IN2S/c7-5-2-10-6-4(5)1-8-3-9-6/h1-3H. The average molecular weight is 262 g/mol. The number of halogens is 1. The van der Waals surface area contributed by atoms with Crippen molar-refractivity contribution in [2.45, 2.75) is 0 Å². The summed E-state index contributed by atoms with van der Waals surface area (Å²) in [6.45, 7) is 0.